The molecule has 0 N–H and O–H groups in total. The second-order valence-electron chi connectivity index (χ2n) is 7.15. The maximum absolute atomic E-state index is 12.9. The van der Waals surface area contributed by atoms with E-state index in [1.54, 1.807) is 0 Å². The van der Waals surface area contributed by atoms with Gasteiger partial charge in [-0.3, -0.25) is 4.79 Å². The largest absolute Gasteiger partial charge is 0.366 e. The lowest BCUT2D eigenvalue weighted by molar-refractivity contribution is 0.0729. The summed E-state index contributed by atoms with van der Waals surface area (Å²) in [5.74, 6) is 0.00663. The van der Waals surface area contributed by atoms with Crippen molar-refractivity contribution in [3.8, 4) is 0 Å². The highest BCUT2D eigenvalue weighted by Gasteiger charge is 2.22. The van der Waals surface area contributed by atoms with Gasteiger partial charge in [0.1, 0.15) is 5.69 Å². The van der Waals surface area contributed by atoms with E-state index in [1.165, 1.54) is 16.7 Å². The molecule has 4 nitrogen and oxygen atoms in total. The van der Waals surface area contributed by atoms with Crippen LogP contribution in [0.15, 0.2) is 72.9 Å². The van der Waals surface area contributed by atoms with Gasteiger partial charge in [0.25, 0.3) is 5.91 Å². The summed E-state index contributed by atoms with van der Waals surface area (Å²) in [4.78, 5) is 21.5. The Bertz CT molecular complexity index is 938. The van der Waals surface area contributed by atoms with Crippen molar-refractivity contribution >= 4 is 11.6 Å². The van der Waals surface area contributed by atoms with Gasteiger partial charge in [0.15, 0.2) is 0 Å². The summed E-state index contributed by atoms with van der Waals surface area (Å²) in [5.41, 5.74) is 5.38. The third-order valence-electron chi connectivity index (χ3n) is 5.35. The molecule has 0 aliphatic carbocycles. The normalized spacial score (nSPS) is 13.1. The minimum absolute atomic E-state index is 0.00663. The Hall–Kier alpha value is -3.14. The van der Waals surface area contributed by atoms with Crippen molar-refractivity contribution in [1.82, 2.24) is 9.88 Å². The molecule has 1 aromatic heterocycles. The van der Waals surface area contributed by atoms with Crippen molar-refractivity contribution in [2.75, 3.05) is 18.0 Å². The van der Waals surface area contributed by atoms with Crippen molar-refractivity contribution in [2.45, 2.75) is 26.4 Å². The van der Waals surface area contributed by atoms with Gasteiger partial charge in [-0.15, -0.1) is 0 Å². The van der Waals surface area contributed by atoms with Crippen molar-refractivity contribution in [2.24, 2.45) is 0 Å². The fourth-order valence-electron chi connectivity index (χ4n) is 3.72. The summed E-state index contributed by atoms with van der Waals surface area (Å²) in [6, 6.07) is 22.6. The van der Waals surface area contributed by atoms with E-state index >= 15 is 0 Å². The zero-order valence-electron chi connectivity index (χ0n) is 16.2. The Morgan fingerprint density at radius 1 is 1.00 bits per heavy atom. The first-order chi connectivity index (χ1) is 13.7. The molecule has 0 bridgehead atoms. The zero-order chi connectivity index (χ0) is 19.3. The van der Waals surface area contributed by atoms with Gasteiger partial charge in [-0.1, -0.05) is 54.6 Å². The number of carbonyl (C=O) groups excluding carboxylic acids is 1. The molecular formula is C24H25N3O. The molecule has 2 aromatic carbocycles. The lowest BCUT2D eigenvalue weighted by atomic mass is 10.00. The minimum Gasteiger partial charge on any atom is -0.366 e. The number of hydrogen-bond acceptors (Lipinski definition) is 3. The average molecular weight is 371 g/mol. The summed E-state index contributed by atoms with van der Waals surface area (Å²) in [6.07, 6.45) is 2.72. The number of nitrogens with zero attached hydrogens (tertiary/aromatic N) is 3. The number of benzene rings is 2. The number of hydrogen-bond donors (Lipinski definition) is 0. The van der Waals surface area contributed by atoms with Crippen molar-refractivity contribution in [3.63, 3.8) is 0 Å². The highest BCUT2D eigenvalue weighted by molar-refractivity contribution is 5.92. The van der Waals surface area contributed by atoms with Gasteiger partial charge in [0, 0.05) is 26.2 Å². The van der Waals surface area contributed by atoms with Crippen LogP contribution in [-0.4, -0.2) is 28.9 Å². The standard InChI is InChI=1S/C24H25N3O/c1-2-26(17-19-8-4-3-5-9-19)22-12-13-23(25-16-22)24(28)27-15-14-20-10-6-7-11-21(20)18-27/h3-13,16H,2,14-15,17-18H2,1H3. The molecule has 0 unspecified atom stereocenters. The monoisotopic (exact) mass is 371 g/mol. The smallest absolute Gasteiger partial charge is 0.272 e. The van der Waals surface area contributed by atoms with E-state index < -0.39 is 0 Å². The lowest BCUT2D eigenvalue weighted by Crippen LogP contribution is -2.36. The Kier molecular flexibility index (Phi) is 5.38. The maximum atomic E-state index is 12.9. The van der Waals surface area contributed by atoms with Crippen LogP contribution in [0.4, 0.5) is 5.69 Å². The Morgan fingerprint density at radius 3 is 2.46 bits per heavy atom. The summed E-state index contributed by atoms with van der Waals surface area (Å²) >= 11 is 0. The van der Waals surface area contributed by atoms with Crippen LogP contribution in [-0.2, 0) is 19.5 Å². The maximum Gasteiger partial charge on any atom is 0.272 e. The van der Waals surface area contributed by atoms with E-state index in [0.29, 0.717) is 12.2 Å². The second kappa shape index (κ2) is 8.26. The van der Waals surface area contributed by atoms with E-state index in [1.807, 2.05) is 35.4 Å². The average Bonchev–Trinajstić information content (AvgIpc) is 2.77. The van der Waals surface area contributed by atoms with Crippen molar-refractivity contribution in [1.29, 1.82) is 0 Å². The topological polar surface area (TPSA) is 36.4 Å². The van der Waals surface area contributed by atoms with Crippen LogP contribution in [0.1, 0.15) is 34.1 Å². The molecule has 3 aromatic rings. The number of fused-ring (bicyclic) bond motifs is 1. The van der Waals surface area contributed by atoms with E-state index in [2.05, 4.69) is 59.3 Å². The Balaban J connectivity index is 1.46. The van der Waals surface area contributed by atoms with Crippen LogP contribution in [0.25, 0.3) is 0 Å². The highest BCUT2D eigenvalue weighted by Crippen LogP contribution is 2.21. The molecule has 0 fully saturated rings. The molecular weight excluding hydrogens is 346 g/mol. The Morgan fingerprint density at radius 2 is 1.75 bits per heavy atom. The number of aromatic nitrogens is 1. The molecule has 4 heteroatoms. The van der Waals surface area contributed by atoms with Crippen molar-refractivity contribution < 1.29 is 4.79 Å². The van der Waals surface area contributed by atoms with Crippen LogP contribution < -0.4 is 4.90 Å². The third-order valence-corrected chi connectivity index (χ3v) is 5.35. The van der Waals surface area contributed by atoms with E-state index in [9.17, 15) is 4.79 Å². The molecule has 0 saturated heterocycles. The summed E-state index contributed by atoms with van der Waals surface area (Å²) in [6.45, 7) is 5.25. The Labute approximate surface area is 166 Å². The molecule has 1 amide bonds. The second-order valence-corrected chi connectivity index (χ2v) is 7.15. The summed E-state index contributed by atoms with van der Waals surface area (Å²) < 4.78 is 0. The van der Waals surface area contributed by atoms with Crippen LogP contribution >= 0.6 is 0 Å². The predicted octanol–water partition coefficient (Wildman–Crippen LogP) is 4.31. The van der Waals surface area contributed by atoms with E-state index in [4.69, 9.17) is 0 Å². The molecule has 1 aliphatic rings. The predicted molar refractivity (Wildman–Crippen MR) is 112 cm³/mol. The summed E-state index contributed by atoms with van der Waals surface area (Å²) in [5, 5.41) is 0. The molecule has 0 radical (unpaired) electrons. The molecule has 142 valence electrons. The van der Waals surface area contributed by atoms with Gasteiger partial charge in [-0.25, -0.2) is 4.98 Å². The first kappa shape index (κ1) is 18.2. The molecule has 0 spiro atoms. The van der Waals surface area contributed by atoms with Crippen LogP contribution in [0.3, 0.4) is 0 Å². The van der Waals surface area contributed by atoms with Crippen LogP contribution in [0.5, 0.6) is 0 Å². The van der Waals surface area contributed by atoms with Crippen LogP contribution in [0, 0.1) is 0 Å². The van der Waals surface area contributed by atoms with Gasteiger partial charge in [-0.05, 0) is 42.2 Å². The van der Waals surface area contributed by atoms with Gasteiger partial charge in [-0.2, -0.15) is 0 Å². The molecule has 28 heavy (non-hydrogen) atoms. The minimum atomic E-state index is 0.00663. The van der Waals surface area contributed by atoms with Gasteiger partial charge in [0.05, 0.1) is 11.9 Å². The van der Waals surface area contributed by atoms with Gasteiger partial charge in [0.2, 0.25) is 0 Å². The van der Waals surface area contributed by atoms with E-state index in [-0.39, 0.29) is 5.91 Å². The highest BCUT2D eigenvalue weighted by atomic mass is 16.2. The fraction of sp³-hybridized carbons (Fsp3) is 0.250. The molecule has 0 saturated carbocycles. The number of pyridine rings is 1. The van der Waals surface area contributed by atoms with Crippen molar-refractivity contribution in [3.05, 3.63) is 95.3 Å². The number of anilines is 1. The first-order valence-electron chi connectivity index (χ1n) is 9.85. The quantitative estimate of drug-likeness (QED) is 0.671. The molecule has 0 atom stereocenters. The van der Waals surface area contributed by atoms with Gasteiger partial charge < -0.3 is 9.80 Å². The number of carbonyl (C=O) groups is 1. The third kappa shape index (κ3) is 3.91. The van der Waals surface area contributed by atoms with Gasteiger partial charge >= 0.3 is 0 Å². The molecule has 2 heterocycles. The lowest BCUT2D eigenvalue weighted by Gasteiger charge is -2.29. The molecule has 1 aliphatic heterocycles. The summed E-state index contributed by atoms with van der Waals surface area (Å²) in [7, 11) is 0. The first-order valence-corrected chi connectivity index (χ1v) is 9.85. The van der Waals surface area contributed by atoms with Crippen LogP contribution in [0.2, 0.25) is 0 Å². The fourth-order valence-corrected chi connectivity index (χ4v) is 3.72. The van der Waals surface area contributed by atoms with E-state index in [0.717, 1.165) is 31.7 Å². The number of amides is 1. The zero-order valence-corrected chi connectivity index (χ0v) is 16.2. The SMILES string of the molecule is CCN(Cc1ccccc1)c1ccc(C(=O)N2CCc3ccccc3C2)nc1. The molecule has 4 rings (SSSR count). The number of rotatable bonds is 5.